The van der Waals surface area contributed by atoms with Crippen molar-refractivity contribution in [2.45, 2.75) is 20.8 Å². The Morgan fingerprint density at radius 3 is 2.36 bits per heavy atom. The summed E-state index contributed by atoms with van der Waals surface area (Å²) in [6.45, 7) is 5.73. The molecule has 2 aromatic carbocycles. The minimum absolute atomic E-state index is 0.0790. The zero-order valence-electron chi connectivity index (χ0n) is 18.4. The number of phenols is 1. The first-order chi connectivity index (χ1) is 15.8. The topological polar surface area (TPSA) is 140 Å². The summed E-state index contributed by atoms with van der Waals surface area (Å²) >= 11 is 0. The molecule has 10 nitrogen and oxygen atoms in total. The van der Waals surface area contributed by atoms with Crippen molar-refractivity contribution in [2.24, 2.45) is 0 Å². The highest BCUT2D eigenvalue weighted by molar-refractivity contribution is 6.00. The second-order valence-corrected chi connectivity index (χ2v) is 7.56. The van der Waals surface area contributed by atoms with Crippen LogP contribution in [-0.2, 0) is 0 Å². The van der Waals surface area contributed by atoms with Crippen molar-refractivity contribution >= 4 is 40.7 Å². The number of aromatic amines is 1. The van der Waals surface area contributed by atoms with Crippen LogP contribution in [0.3, 0.4) is 0 Å². The zero-order chi connectivity index (χ0) is 23.4. The third-order valence-corrected chi connectivity index (χ3v) is 4.65. The molecule has 0 fully saturated rings. The maximum Gasteiger partial charge on any atom is 0.323 e. The number of hydrogen-bond donors (Lipinski definition) is 6. The van der Waals surface area contributed by atoms with Gasteiger partial charge in [-0.2, -0.15) is 10.1 Å². The standard InChI is InChI=1S/C23H24N8O2/c1-13-9-17(26-23(33)25-16-5-4-6-18(32)12-16)7-8-19(13)27-22-24-14(2)10-20(29-22)28-21-11-15(3)30-31-21/h4-12,32H,1-3H3,(H2,25,26,33)(H3,24,27,28,29,30,31). The van der Waals surface area contributed by atoms with E-state index in [2.05, 4.69) is 41.4 Å². The maximum absolute atomic E-state index is 12.3. The van der Waals surface area contributed by atoms with Gasteiger partial charge >= 0.3 is 6.03 Å². The fourth-order valence-corrected chi connectivity index (χ4v) is 3.18. The number of phenolic OH excluding ortho intramolecular Hbond substituents is 1. The Hall–Kier alpha value is -4.60. The van der Waals surface area contributed by atoms with Crippen LogP contribution in [0.25, 0.3) is 0 Å². The summed E-state index contributed by atoms with van der Waals surface area (Å²) < 4.78 is 0. The highest BCUT2D eigenvalue weighted by atomic mass is 16.3. The van der Waals surface area contributed by atoms with E-state index in [9.17, 15) is 9.90 Å². The Labute approximate surface area is 190 Å². The van der Waals surface area contributed by atoms with Crippen LogP contribution in [0, 0.1) is 20.8 Å². The molecule has 2 heterocycles. The molecule has 0 saturated carbocycles. The van der Waals surface area contributed by atoms with Crippen LogP contribution < -0.4 is 21.3 Å². The number of nitrogens with one attached hydrogen (secondary N) is 5. The highest BCUT2D eigenvalue weighted by Gasteiger charge is 2.09. The lowest BCUT2D eigenvalue weighted by molar-refractivity contribution is 0.262. The van der Waals surface area contributed by atoms with Gasteiger partial charge < -0.3 is 26.4 Å². The van der Waals surface area contributed by atoms with E-state index in [-0.39, 0.29) is 5.75 Å². The molecule has 10 heteroatoms. The molecule has 0 spiro atoms. The number of H-pyrrole nitrogens is 1. The van der Waals surface area contributed by atoms with E-state index in [1.165, 1.54) is 12.1 Å². The van der Waals surface area contributed by atoms with Crippen molar-refractivity contribution in [1.29, 1.82) is 0 Å². The van der Waals surface area contributed by atoms with Crippen LogP contribution in [0.2, 0.25) is 0 Å². The average molecular weight is 444 g/mol. The van der Waals surface area contributed by atoms with Gasteiger partial charge in [0.1, 0.15) is 11.6 Å². The summed E-state index contributed by atoms with van der Waals surface area (Å²) in [7, 11) is 0. The number of hydrogen-bond acceptors (Lipinski definition) is 7. The summed E-state index contributed by atoms with van der Waals surface area (Å²) in [5.41, 5.74) is 4.56. The van der Waals surface area contributed by atoms with E-state index in [4.69, 9.17) is 0 Å². The Kier molecular flexibility index (Phi) is 6.07. The van der Waals surface area contributed by atoms with Crippen LogP contribution in [0.15, 0.2) is 54.6 Å². The van der Waals surface area contributed by atoms with Crippen molar-refractivity contribution in [3.8, 4) is 5.75 Å². The molecule has 33 heavy (non-hydrogen) atoms. The first-order valence-electron chi connectivity index (χ1n) is 10.2. The van der Waals surface area contributed by atoms with Crippen LogP contribution in [0.5, 0.6) is 5.75 Å². The zero-order valence-corrected chi connectivity index (χ0v) is 18.4. The molecule has 0 unspecified atom stereocenters. The molecule has 168 valence electrons. The lowest BCUT2D eigenvalue weighted by Gasteiger charge is -2.13. The molecular formula is C23H24N8O2. The third-order valence-electron chi connectivity index (χ3n) is 4.65. The van der Waals surface area contributed by atoms with Crippen LogP contribution in [0.1, 0.15) is 17.0 Å². The lowest BCUT2D eigenvalue weighted by Crippen LogP contribution is -2.19. The molecule has 0 aliphatic heterocycles. The number of aromatic hydroxyl groups is 1. The summed E-state index contributed by atoms with van der Waals surface area (Å²) in [5, 5.41) is 28.4. The lowest BCUT2D eigenvalue weighted by atomic mass is 10.2. The number of carbonyl (C=O) groups excluding carboxylic acids is 1. The van der Waals surface area contributed by atoms with Crippen molar-refractivity contribution in [3.63, 3.8) is 0 Å². The Bertz CT molecular complexity index is 1300. The molecule has 6 N–H and O–H groups in total. The fraction of sp³-hybridized carbons (Fsp3) is 0.130. The van der Waals surface area contributed by atoms with Crippen molar-refractivity contribution in [1.82, 2.24) is 20.2 Å². The highest BCUT2D eigenvalue weighted by Crippen LogP contribution is 2.24. The van der Waals surface area contributed by atoms with Gasteiger partial charge in [0.2, 0.25) is 5.95 Å². The number of amides is 2. The first kappa shape index (κ1) is 21.6. The summed E-state index contributed by atoms with van der Waals surface area (Å²) in [4.78, 5) is 21.2. The van der Waals surface area contributed by atoms with Gasteiger partial charge in [-0.15, -0.1) is 0 Å². The van der Waals surface area contributed by atoms with Crippen LogP contribution >= 0.6 is 0 Å². The number of aromatic nitrogens is 4. The molecule has 2 amide bonds. The number of nitrogens with zero attached hydrogens (tertiary/aromatic N) is 3. The minimum atomic E-state index is -0.410. The quantitative estimate of drug-likeness (QED) is 0.247. The van der Waals surface area contributed by atoms with Gasteiger partial charge in [-0.1, -0.05) is 6.07 Å². The number of carbonyl (C=O) groups is 1. The van der Waals surface area contributed by atoms with Crippen molar-refractivity contribution in [2.75, 3.05) is 21.3 Å². The average Bonchev–Trinajstić information content (AvgIpc) is 3.14. The Balaban J connectivity index is 1.43. The fourth-order valence-electron chi connectivity index (χ4n) is 3.18. The number of urea groups is 1. The van der Waals surface area contributed by atoms with Crippen LogP contribution in [0.4, 0.5) is 39.4 Å². The Morgan fingerprint density at radius 2 is 1.67 bits per heavy atom. The van der Waals surface area contributed by atoms with Gasteiger partial charge in [-0.05, 0) is 56.7 Å². The SMILES string of the molecule is Cc1cc(Nc2cc(C)[nH]n2)nc(Nc2ccc(NC(=O)Nc3cccc(O)c3)cc2C)n1. The van der Waals surface area contributed by atoms with Gasteiger partial charge in [0.05, 0.1) is 0 Å². The summed E-state index contributed by atoms with van der Waals surface area (Å²) in [6, 6.07) is 15.1. The molecule has 0 aliphatic carbocycles. The summed E-state index contributed by atoms with van der Waals surface area (Å²) in [5.74, 6) is 1.81. The van der Waals surface area contributed by atoms with Gasteiger partial charge in [0.25, 0.3) is 0 Å². The normalized spacial score (nSPS) is 10.5. The maximum atomic E-state index is 12.3. The summed E-state index contributed by atoms with van der Waals surface area (Å²) in [6.07, 6.45) is 0. The van der Waals surface area contributed by atoms with Gasteiger partial charge in [0.15, 0.2) is 5.82 Å². The number of anilines is 6. The van der Waals surface area contributed by atoms with Crippen molar-refractivity contribution < 1.29 is 9.90 Å². The molecule has 0 saturated heterocycles. The van der Waals surface area contributed by atoms with E-state index in [1.54, 1.807) is 18.2 Å². The van der Waals surface area contributed by atoms with Crippen molar-refractivity contribution in [3.05, 3.63) is 71.5 Å². The van der Waals surface area contributed by atoms with Crippen LogP contribution in [-0.4, -0.2) is 31.3 Å². The molecule has 0 aliphatic rings. The predicted molar refractivity (Wildman–Crippen MR) is 129 cm³/mol. The predicted octanol–water partition coefficient (Wildman–Crippen LogP) is 4.96. The third kappa shape index (κ3) is 5.76. The monoisotopic (exact) mass is 444 g/mol. The van der Waals surface area contributed by atoms with E-state index in [0.717, 1.165) is 22.6 Å². The van der Waals surface area contributed by atoms with E-state index >= 15 is 0 Å². The van der Waals surface area contributed by atoms with Gasteiger partial charge in [-0.25, -0.2) is 9.78 Å². The molecular weight excluding hydrogens is 420 g/mol. The number of rotatable bonds is 6. The number of benzene rings is 2. The minimum Gasteiger partial charge on any atom is -0.508 e. The largest absolute Gasteiger partial charge is 0.508 e. The number of aryl methyl sites for hydroxylation is 3. The second kappa shape index (κ2) is 9.27. The molecule has 2 aromatic heterocycles. The van der Waals surface area contributed by atoms with E-state index in [0.29, 0.717) is 29.0 Å². The van der Waals surface area contributed by atoms with Gasteiger partial charge in [0, 0.05) is 46.6 Å². The molecule has 4 aromatic rings. The smallest absolute Gasteiger partial charge is 0.323 e. The van der Waals surface area contributed by atoms with E-state index in [1.807, 2.05) is 45.0 Å². The molecule has 4 rings (SSSR count). The first-order valence-corrected chi connectivity index (χ1v) is 10.2. The van der Waals surface area contributed by atoms with E-state index < -0.39 is 6.03 Å². The molecule has 0 radical (unpaired) electrons. The molecule has 0 bridgehead atoms. The second-order valence-electron chi connectivity index (χ2n) is 7.56. The Morgan fingerprint density at radius 1 is 0.879 bits per heavy atom. The van der Waals surface area contributed by atoms with Gasteiger partial charge in [-0.3, -0.25) is 5.10 Å². The molecule has 0 atom stereocenters.